The molecule has 4 atom stereocenters. The van der Waals surface area contributed by atoms with Crippen molar-refractivity contribution in [2.24, 2.45) is 5.41 Å². The molecule has 1 aliphatic carbocycles. The van der Waals surface area contributed by atoms with Crippen LogP contribution in [0.1, 0.15) is 93.2 Å². The van der Waals surface area contributed by atoms with Crippen LogP contribution in [-0.2, 0) is 41.6 Å². The topological polar surface area (TPSA) is 264 Å². The normalized spacial score (nSPS) is 16.6. The number of aryl methyl sites for hydroxylation is 2. The number of likely N-dealkylation sites (tertiary alicyclic amines) is 1. The lowest BCUT2D eigenvalue weighted by Crippen LogP contribution is -2.58. The number of phenolic OH excluding ortho intramolecular Hbond substituents is 1. The molecule has 6 N–H and O–H groups in total. The van der Waals surface area contributed by atoms with Crippen LogP contribution in [0.3, 0.4) is 0 Å². The maximum atomic E-state index is 14.0. The van der Waals surface area contributed by atoms with Gasteiger partial charge in [0.2, 0.25) is 17.7 Å². The number of aromatic hydroxyl groups is 1. The SMILES string of the molecule is Cc1ncsc1-c1ccc(CNC(=O)[C@@H]2C[C@@H](O)CN2C(=O)C(NC(=O)COCCOCCOCCNC(=O)c2ccc3c(c2)[C@H](NC(=O)c2cc(-c4ccc(C(=O)N(C)C)c(O)c4)on2)CC3)C(C)(C)C)cc1. The van der Waals surface area contributed by atoms with Gasteiger partial charge in [0.15, 0.2) is 11.5 Å². The van der Waals surface area contributed by atoms with E-state index in [1.807, 2.05) is 58.0 Å². The zero-order valence-corrected chi connectivity index (χ0v) is 43.2. The number of hydrogen-bond donors (Lipinski definition) is 6. The van der Waals surface area contributed by atoms with E-state index in [2.05, 4.69) is 31.4 Å². The number of benzene rings is 3. The highest BCUT2D eigenvalue weighted by Gasteiger charge is 2.44. The van der Waals surface area contributed by atoms with E-state index in [-0.39, 0.29) is 106 Å². The Hall–Kier alpha value is -7.04. The van der Waals surface area contributed by atoms with Gasteiger partial charge in [-0.2, -0.15) is 0 Å². The third kappa shape index (κ3) is 14.0. The Morgan fingerprint density at radius 2 is 1.61 bits per heavy atom. The number of fused-ring (bicyclic) bond motifs is 1. The number of carbonyl (C=O) groups is 6. The summed E-state index contributed by atoms with van der Waals surface area (Å²) in [4.78, 5) is 87.1. The number of aromatic nitrogens is 2. The molecular weight excluding hydrogens is 973 g/mol. The number of carbonyl (C=O) groups excluding carboxylic acids is 6. The standard InChI is InChI=1S/C53H64N8O12S/c1-31-46(74-30-56-31)34-9-7-32(8-10-34)27-55-50(67)42-25-37(62)28-61(42)52(69)47(53(2,3)4)58-45(64)29-72-22-21-71-20-19-70-18-17-54-48(65)36-12-11-33-14-16-40(39(33)23-36)57-49(66)41-26-44(73-59-41)35-13-15-38(43(63)24-35)51(68)60(5)6/h7-13,15,23-24,26,30,37,40,42,47,62-63H,14,16-22,25,27-29H2,1-6H3,(H,54,65)(H,55,67)(H,57,66)(H,58,64)/t37-,40-,42+,47?/m1/s1. The molecule has 5 aromatic rings. The average molecular weight is 1040 g/mol. The summed E-state index contributed by atoms with van der Waals surface area (Å²) in [7, 11) is 3.16. The van der Waals surface area contributed by atoms with Gasteiger partial charge in [0, 0.05) is 57.3 Å². The van der Waals surface area contributed by atoms with E-state index in [1.165, 1.54) is 28.0 Å². The molecule has 7 rings (SSSR count). The number of aliphatic hydroxyl groups excluding tert-OH is 1. The number of phenols is 1. The van der Waals surface area contributed by atoms with E-state index in [9.17, 15) is 39.0 Å². The summed E-state index contributed by atoms with van der Waals surface area (Å²) in [5, 5.41) is 36.4. The van der Waals surface area contributed by atoms with Crippen molar-refractivity contribution in [3.63, 3.8) is 0 Å². The minimum Gasteiger partial charge on any atom is -0.507 e. The first kappa shape index (κ1) is 54.7. The average Bonchev–Trinajstić information content (AvgIpc) is 4.21. The van der Waals surface area contributed by atoms with Crippen LogP contribution in [0.15, 0.2) is 76.8 Å². The molecule has 3 aromatic carbocycles. The number of rotatable bonds is 22. The predicted molar refractivity (Wildman–Crippen MR) is 273 cm³/mol. The number of nitrogens with one attached hydrogen (secondary N) is 4. The molecule has 74 heavy (non-hydrogen) atoms. The van der Waals surface area contributed by atoms with E-state index in [4.69, 9.17) is 18.7 Å². The fourth-order valence-corrected chi connectivity index (χ4v) is 9.49. The Balaban J connectivity index is 0.764. The molecule has 0 spiro atoms. The summed E-state index contributed by atoms with van der Waals surface area (Å²) in [5.41, 5.74) is 6.81. The molecular formula is C53H64N8O12S. The van der Waals surface area contributed by atoms with Crippen molar-refractivity contribution in [2.75, 3.05) is 66.8 Å². The molecule has 21 heteroatoms. The number of β-amino-alcohol motifs (C(OH)–C–C–N with tert-alkyl or cyclic N) is 1. The van der Waals surface area contributed by atoms with Gasteiger partial charge >= 0.3 is 0 Å². The molecule has 1 aliphatic heterocycles. The number of thiazole rings is 1. The smallest absolute Gasteiger partial charge is 0.273 e. The first-order valence-corrected chi connectivity index (χ1v) is 25.3. The molecule has 0 bridgehead atoms. The van der Waals surface area contributed by atoms with Crippen molar-refractivity contribution in [2.45, 2.75) is 77.7 Å². The lowest BCUT2D eigenvalue weighted by atomic mass is 9.85. The third-order valence-corrected chi connectivity index (χ3v) is 13.7. The quantitative estimate of drug-likeness (QED) is 0.0532. The largest absolute Gasteiger partial charge is 0.507 e. The van der Waals surface area contributed by atoms with Crippen molar-refractivity contribution in [1.29, 1.82) is 0 Å². The van der Waals surface area contributed by atoms with Gasteiger partial charge in [-0.3, -0.25) is 28.8 Å². The van der Waals surface area contributed by atoms with Crippen LogP contribution >= 0.6 is 11.3 Å². The third-order valence-electron chi connectivity index (χ3n) is 12.7. The zero-order valence-electron chi connectivity index (χ0n) is 42.4. The number of aliphatic hydroxyl groups is 1. The van der Waals surface area contributed by atoms with E-state index in [0.717, 1.165) is 32.8 Å². The molecule has 2 aromatic heterocycles. The van der Waals surface area contributed by atoms with Gasteiger partial charge in [-0.1, -0.05) is 62.3 Å². The van der Waals surface area contributed by atoms with Gasteiger partial charge in [0.1, 0.15) is 24.4 Å². The molecule has 20 nitrogen and oxygen atoms in total. The van der Waals surface area contributed by atoms with E-state index < -0.39 is 47.2 Å². The lowest BCUT2D eigenvalue weighted by molar-refractivity contribution is -0.144. The van der Waals surface area contributed by atoms with Crippen molar-refractivity contribution in [3.8, 4) is 27.5 Å². The van der Waals surface area contributed by atoms with Crippen LogP contribution in [0.25, 0.3) is 21.8 Å². The Kier molecular flexibility index (Phi) is 18.3. The van der Waals surface area contributed by atoms with Gasteiger partial charge in [-0.15, -0.1) is 11.3 Å². The molecule has 1 saturated heterocycles. The number of nitrogens with zero attached hydrogens (tertiary/aromatic N) is 4. The van der Waals surface area contributed by atoms with Crippen LogP contribution in [0.2, 0.25) is 0 Å². The fourth-order valence-electron chi connectivity index (χ4n) is 8.68. The summed E-state index contributed by atoms with van der Waals surface area (Å²) in [6.07, 6.45) is 0.525. The minimum absolute atomic E-state index is 0.0349. The number of amides is 6. The Labute approximate surface area is 433 Å². The predicted octanol–water partition coefficient (Wildman–Crippen LogP) is 4.19. The molecule has 394 valence electrons. The van der Waals surface area contributed by atoms with Gasteiger partial charge in [-0.05, 0) is 71.7 Å². The number of hydrogen-bond acceptors (Lipinski definition) is 15. The highest BCUT2D eigenvalue weighted by Crippen LogP contribution is 2.34. The Bertz CT molecular complexity index is 2810. The van der Waals surface area contributed by atoms with Gasteiger partial charge in [-0.25, -0.2) is 4.98 Å². The van der Waals surface area contributed by atoms with E-state index in [1.54, 1.807) is 49.1 Å². The molecule has 1 fully saturated rings. The second kappa shape index (κ2) is 24.8. The summed E-state index contributed by atoms with van der Waals surface area (Å²) < 4.78 is 22.1. The van der Waals surface area contributed by atoms with Gasteiger partial charge < -0.3 is 60.0 Å². The molecule has 0 saturated carbocycles. The van der Waals surface area contributed by atoms with E-state index >= 15 is 0 Å². The van der Waals surface area contributed by atoms with Crippen LogP contribution in [0.5, 0.6) is 5.75 Å². The van der Waals surface area contributed by atoms with Crippen LogP contribution in [-0.4, -0.2) is 151 Å². The zero-order chi connectivity index (χ0) is 53.1. The van der Waals surface area contributed by atoms with E-state index in [0.29, 0.717) is 24.0 Å². The van der Waals surface area contributed by atoms with Crippen LogP contribution < -0.4 is 21.3 Å². The lowest BCUT2D eigenvalue weighted by Gasteiger charge is -2.35. The molecule has 1 unspecified atom stereocenters. The van der Waals surface area contributed by atoms with Crippen molar-refractivity contribution >= 4 is 46.8 Å². The monoisotopic (exact) mass is 1040 g/mol. The second-order valence-corrected chi connectivity index (χ2v) is 20.3. The molecule has 6 amide bonds. The highest BCUT2D eigenvalue weighted by molar-refractivity contribution is 7.13. The minimum atomic E-state index is -0.999. The maximum absolute atomic E-state index is 14.0. The summed E-state index contributed by atoms with van der Waals surface area (Å²) in [6, 6.07) is 16.8. The summed E-state index contributed by atoms with van der Waals surface area (Å²) in [6.45, 7) is 8.47. The molecule has 2 aliphatic rings. The first-order chi connectivity index (χ1) is 35.4. The maximum Gasteiger partial charge on any atom is 0.273 e. The number of ether oxygens (including phenoxy) is 3. The first-order valence-electron chi connectivity index (χ1n) is 24.4. The van der Waals surface area contributed by atoms with Crippen LogP contribution in [0.4, 0.5) is 0 Å². The molecule has 0 radical (unpaired) electrons. The fraction of sp³-hybridized carbons (Fsp3) is 0.434. The van der Waals surface area contributed by atoms with Gasteiger partial charge in [0.25, 0.3) is 17.7 Å². The second-order valence-electron chi connectivity index (χ2n) is 19.5. The Morgan fingerprint density at radius 1 is 0.892 bits per heavy atom. The highest BCUT2D eigenvalue weighted by atomic mass is 32.1. The van der Waals surface area contributed by atoms with Gasteiger partial charge in [0.05, 0.1) is 66.8 Å². The van der Waals surface area contributed by atoms with Crippen LogP contribution in [0, 0.1) is 12.3 Å². The van der Waals surface area contributed by atoms with Crippen molar-refractivity contribution in [3.05, 3.63) is 111 Å². The summed E-state index contributed by atoms with van der Waals surface area (Å²) in [5.74, 6) is -2.50. The molecule has 3 heterocycles. The van der Waals surface area contributed by atoms with Crippen molar-refractivity contribution < 1.29 is 57.7 Å². The summed E-state index contributed by atoms with van der Waals surface area (Å²) >= 11 is 1.56. The van der Waals surface area contributed by atoms with Crippen molar-refractivity contribution in [1.82, 2.24) is 41.2 Å². The Morgan fingerprint density at radius 3 is 2.30 bits per heavy atom.